The molecule has 2 unspecified atom stereocenters. The third-order valence-electron chi connectivity index (χ3n) is 4.01. The molecule has 0 aromatic heterocycles. The van der Waals surface area contributed by atoms with Crippen LogP contribution in [0.4, 0.5) is 0 Å². The van der Waals surface area contributed by atoms with Gasteiger partial charge in [-0.15, -0.1) is 0 Å². The van der Waals surface area contributed by atoms with E-state index in [1.165, 1.54) is 12.0 Å². The number of carbonyl (C=O) groups excluding carboxylic acids is 1. The Morgan fingerprint density at radius 2 is 1.90 bits per heavy atom. The lowest BCUT2D eigenvalue weighted by Crippen LogP contribution is -2.26. The SMILES string of the molecule is CCCc1ccc(C(=O)OOC2CCCCC2C)cc1. The number of hydrogen-bond acceptors (Lipinski definition) is 3. The molecule has 3 heteroatoms. The van der Waals surface area contributed by atoms with Gasteiger partial charge in [-0.2, -0.15) is 4.89 Å². The molecule has 0 N–H and O–H groups in total. The van der Waals surface area contributed by atoms with Crippen LogP contribution in [0.5, 0.6) is 0 Å². The maximum absolute atomic E-state index is 11.9. The summed E-state index contributed by atoms with van der Waals surface area (Å²) in [5.41, 5.74) is 1.79. The maximum Gasteiger partial charge on any atom is 0.373 e. The summed E-state index contributed by atoms with van der Waals surface area (Å²) >= 11 is 0. The summed E-state index contributed by atoms with van der Waals surface area (Å²) in [5.74, 6) is 0.0642. The highest BCUT2D eigenvalue weighted by Crippen LogP contribution is 2.26. The minimum Gasteiger partial charge on any atom is -0.293 e. The Kier molecular flexibility index (Phi) is 5.60. The van der Waals surface area contributed by atoms with E-state index in [0.29, 0.717) is 11.5 Å². The van der Waals surface area contributed by atoms with Gasteiger partial charge in [0.2, 0.25) is 0 Å². The molecular weight excluding hydrogens is 252 g/mol. The average molecular weight is 276 g/mol. The van der Waals surface area contributed by atoms with Crippen LogP contribution in [0.3, 0.4) is 0 Å². The Bertz CT molecular complexity index is 424. The van der Waals surface area contributed by atoms with E-state index in [0.717, 1.165) is 32.1 Å². The summed E-state index contributed by atoms with van der Waals surface area (Å²) in [5, 5.41) is 0. The summed E-state index contributed by atoms with van der Waals surface area (Å²) in [7, 11) is 0. The number of rotatable bonds is 5. The summed E-state index contributed by atoms with van der Waals surface area (Å²) in [4.78, 5) is 22.3. The lowest BCUT2D eigenvalue weighted by atomic mass is 9.88. The molecule has 0 amide bonds. The van der Waals surface area contributed by atoms with Crippen LogP contribution in [0, 0.1) is 5.92 Å². The monoisotopic (exact) mass is 276 g/mol. The number of carbonyl (C=O) groups is 1. The molecule has 20 heavy (non-hydrogen) atoms. The van der Waals surface area contributed by atoms with Crippen molar-refractivity contribution < 1.29 is 14.6 Å². The molecule has 0 aliphatic heterocycles. The van der Waals surface area contributed by atoms with Crippen molar-refractivity contribution in [1.82, 2.24) is 0 Å². The fourth-order valence-corrected chi connectivity index (χ4v) is 2.67. The summed E-state index contributed by atoms with van der Waals surface area (Å²) in [6.07, 6.45) is 6.70. The average Bonchev–Trinajstić information content (AvgIpc) is 2.47. The molecule has 1 aromatic rings. The van der Waals surface area contributed by atoms with Crippen molar-refractivity contribution in [2.45, 2.75) is 58.5 Å². The van der Waals surface area contributed by atoms with Crippen LogP contribution < -0.4 is 0 Å². The summed E-state index contributed by atoms with van der Waals surface area (Å²) in [6.45, 7) is 4.29. The summed E-state index contributed by atoms with van der Waals surface area (Å²) < 4.78 is 0. The van der Waals surface area contributed by atoms with Crippen molar-refractivity contribution in [1.29, 1.82) is 0 Å². The molecular formula is C17H24O3. The van der Waals surface area contributed by atoms with Crippen molar-refractivity contribution in [3.05, 3.63) is 35.4 Å². The quantitative estimate of drug-likeness (QED) is 0.594. The first-order chi connectivity index (χ1) is 9.70. The van der Waals surface area contributed by atoms with Crippen molar-refractivity contribution >= 4 is 5.97 Å². The Morgan fingerprint density at radius 1 is 1.20 bits per heavy atom. The largest absolute Gasteiger partial charge is 0.373 e. The standard InChI is InChI=1S/C17H24O3/c1-3-6-14-9-11-15(12-10-14)17(18)20-19-16-8-5-4-7-13(16)2/h9-13,16H,3-8H2,1-2H3. The maximum atomic E-state index is 11.9. The molecule has 0 bridgehead atoms. The molecule has 0 saturated heterocycles. The van der Waals surface area contributed by atoms with E-state index in [1.54, 1.807) is 12.1 Å². The molecule has 0 heterocycles. The fraction of sp³-hybridized carbons (Fsp3) is 0.588. The summed E-state index contributed by atoms with van der Waals surface area (Å²) in [6, 6.07) is 7.56. The Balaban J connectivity index is 1.84. The van der Waals surface area contributed by atoms with E-state index in [2.05, 4.69) is 13.8 Å². The lowest BCUT2D eigenvalue weighted by molar-refractivity contribution is -0.289. The second-order valence-corrected chi connectivity index (χ2v) is 5.71. The second kappa shape index (κ2) is 7.44. The van der Waals surface area contributed by atoms with Gasteiger partial charge in [0.05, 0.1) is 5.56 Å². The second-order valence-electron chi connectivity index (χ2n) is 5.71. The first-order valence-corrected chi connectivity index (χ1v) is 7.67. The van der Waals surface area contributed by atoms with E-state index in [9.17, 15) is 4.79 Å². The smallest absolute Gasteiger partial charge is 0.293 e. The van der Waals surface area contributed by atoms with Crippen LogP contribution in [0.1, 0.15) is 61.9 Å². The van der Waals surface area contributed by atoms with E-state index in [1.807, 2.05) is 12.1 Å². The number of benzene rings is 1. The highest BCUT2D eigenvalue weighted by molar-refractivity contribution is 5.88. The van der Waals surface area contributed by atoms with Crippen LogP contribution in [0.25, 0.3) is 0 Å². The minimum absolute atomic E-state index is 0.0482. The molecule has 2 rings (SSSR count). The zero-order valence-corrected chi connectivity index (χ0v) is 12.4. The van der Waals surface area contributed by atoms with Crippen LogP contribution in [-0.2, 0) is 16.2 Å². The van der Waals surface area contributed by atoms with Gasteiger partial charge in [-0.25, -0.2) is 4.79 Å². The Hall–Kier alpha value is -1.35. The zero-order chi connectivity index (χ0) is 14.4. The van der Waals surface area contributed by atoms with Gasteiger partial charge < -0.3 is 0 Å². The van der Waals surface area contributed by atoms with Crippen LogP contribution >= 0.6 is 0 Å². The molecule has 110 valence electrons. The zero-order valence-electron chi connectivity index (χ0n) is 12.4. The predicted molar refractivity (Wildman–Crippen MR) is 78.4 cm³/mol. The van der Waals surface area contributed by atoms with E-state index >= 15 is 0 Å². The van der Waals surface area contributed by atoms with Crippen molar-refractivity contribution in [2.75, 3.05) is 0 Å². The first-order valence-electron chi connectivity index (χ1n) is 7.67. The first kappa shape index (κ1) is 15.0. The molecule has 1 aliphatic rings. The molecule has 0 spiro atoms. The van der Waals surface area contributed by atoms with Crippen molar-refractivity contribution in [3.8, 4) is 0 Å². The van der Waals surface area contributed by atoms with Gasteiger partial charge in [0.25, 0.3) is 0 Å². The third kappa shape index (κ3) is 4.07. The van der Waals surface area contributed by atoms with E-state index in [-0.39, 0.29) is 6.10 Å². The normalized spacial score (nSPS) is 22.5. The van der Waals surface area contributed by atoms with Crippen LogP contribution in [0.15, 0.2) is 24.3 Å². The third-order valence-corrected chi connectivity index (χ3v) is 4.01. The highest BCUT2D eigenvalue weighted by Gasteiger charge is 2.24. The number of hydrogen-bond donors (Lipinski definition) is 0. The number of aryl methyl sites for hydroxylation is 1. The molecule has 1 saturated carbocycles. The molecule has 1 aliphatic carbocycles. The van der Waals surface area contributed by atoms with E-state index < -0.39 is 5.97 Å². The van der Waals surface area contributed by atoms with Gasteiger partial charge in [-0.1, -0.05) is 45.2 Å². The van der Waals surface area contributed by atoms with Gasteiger partial charge in [0.1, 0.15) is 6.10 Å². The molecule has 2 atom stereocenters. The Morgan fingerprint density at radius 3 is 2.55 bits per heavy atom. The molecule has 1 fully saturated rings. The lowest BCUT2D eigenvalue weighted by Gasteiger charge is -2.26. The fourth-order valence-electron chi connectivity index (χ4n) is 2.67. The topological polar surface area (TPSA) is 35.5 Å². The van der Waals surface area contributed by atoms with Gasteiger partial charge in [0, 0.05) is 0 Å². The van der Waals surface area contributed by atoms with Crippen LogP contribution in [0.2, 0.25) is 0 Å². The van der Waals surface area contributed by atoms with E-state index in [4.69, 9.17) is 9.78 Å². The van der Waals surface area contributed by atoms with Gasteiger partial charge in [0.15, 0.2) is 0 Å². The van der Waals surface area contributed by atoms with Crippen molar-refractivity contribution in [3.63, 3.8) is 0 Å². The Labute approximate surface area is 121 Å². The molecule has 3 nitrogen and oxygen atoms in total. The predicted octanol–water partition coefficient (Wildman–Crippen LogP) is 4.31. The van der Waals surface area contributed by atoms with Gasteiger partial charge in [-0.3, -0.25) is 4.89 Å². The van der Waals surface area contributed by atoms with Gasteiger partial charge >= 0.3 is 5.97 Å². The van der Waals surface area contributed by atoms with Crippen LogP contribution in [-0.4, -0.2) is 12.1 Å². The molecule has 1 aromatic carbocycles. The van der Waals surface area contributed by atoms with Crippen molar-refractivity contribution in [2.24, 2.45) is 5.92 Å². The highest BCUT2D eigenvalue weighted by atomic mass is 17.2. The molecule has 0 radical (unpaired) electrons. The van der Waals surface area contributed by atoms with Gasteiger partial charge in [-0.05, 0) is 42.9 Å². The minimum atomic E-state index is -0.397.